The predicted molar refractivity (Wildman–Crippen MR) is 104 cm³/mol. The van der Waals surface area contributed by atoms with Crippen molar-refractivity contribution in [2.24, 2.45) is 5.92 Å². The number of nitrogens with zero attached hydrogens (tertiary/aromatic N) is 2. The predicted octanol–water partition coefficient (Wildman–Crippen LogP) is 5.56. The smallest absolute Gasteiger partial charge is 0.350 e. The molecule has 0 aliphatic carbocycles. The lowest BCUT2D eigenvalue weighted by Gasteiger charge is -2.08. The molecule has 4 nitrogen and oxygen atoms in total. The van der Waals surface area contributed by atoms with E-state index >= 15 is 0 Å². The summed E-state index contributed by atoms with van der Waals surface area (Å²) in [5.74, 6) is 0.228. The lowest BCUT2D eigenvalue weighted by Crippen LogP contribution is -2.03. The molecule has 0 fully saturated rings. The summed E-state index contributed by atoms with van der Waals surface area (Å²) in [7, 11) is 0. The number of hydrogen-bond acceptors (Lipinski definition) is 4. The van der Waals surface area contributed by atoms with E-state index in [-0.39, 0.29) is 5.97 Å². The zero-order chi connectivity index (χ0) is 18.1. The number of carbonyl (C=O) groups is 1. The van der Waals surface area contributed by atoms with E-state index < -0.39 is 0 Å². The summed E-state index contributed by atoms with van der Waals surface area (Å²) < 4.78 is 7.28. The van der Waals surface area contributed by atoms with Crippen molar-refractivity contribution < 1.29 is 9.53 Å². The van der Waals surface area contributed by atoms with Gasteiger partial charge in [-0.05, 0) is 38.0 Å². The van der Waals surface area contributed by atoms with Crippen molar-refractivity contribution in [3.63, 3.8) is 0 Å². The van der Waals surface area contributed by atoms with E-state index in [1.807, 2.05) is 25.3 Å². The summed E-state index contributed by atoms with van der Waals surface area (Å²) in [6, 6.07) is 6.14. The van der Waals surface area contributed by atoms with Gasteiger partial charge < -0.3 is 9.30 Å². The highest BCUT2D eigenvalue weighted by molar-refractivity contribution is 7.17. The number of ether oxygens (including phenoxy) is 1. The largest absolute Gasteiger partial charge is 0.462 e. The second-order valence-electron chi connectivity index (χ2n) is 6.41. The maximum absolute atomic E-state index is 12.0. The molecule has 0 atom stereocenters. The van der Waals surface area contributed by atoms with Gasteiger partial charge in [0, 0.05) is 29.2 Å². The van der Waals surface area contributed by atoms with Crippen LogP contribution in [-0.4, -0.2) is 22.1 Å². The Morgan fingerprint density at radius 2 is 2.16 bits per heavy atom. The quantitative estimate of drug-likeness (QED) is 0.547. The minimum absolute atomic E-state index is 0.314. The van der Waals surface area contributed by atoms with E-state index in [1.54, 1.807) is 6.92 Å². The first-order valence-corrected chi connectivity index (χ1v) is 9.53. The van der Waals surface area contributed by atoms with Gasteiger partial charge in [0.05, 0.1) is 17.3 Å². The summed E-state index contributed by atoms with van der Waals surface area (Å²) in [6.45, 7) is 9.28. The molecule has 0 radical (unpaired) electrons. The Bertz CT molecular complexity index is 927. The molecule has 0 N–H and O–H groups in total. The standard InChI is InChI=1S/C19H21ClN2O2S/c1-5-24-19(23)17-12(4)21-18(25-17)13-6-7-16-14(8-13)15(20)10-22(16)9-11(2)3/h6-8,10-11H,5,9H2,1-4H3. The van der Waals surface area contributed by atoms with Crippen LogP contribution in [0.2, 0.25) is 5.02 Å². The second kappa shape index (κ2) is 7.18. The van der Waals surface area contributed by atoms with Crippen LogP contribution in [0.15, 0.2) is 24.4 Å². The van der Waals surface area contributed by atoms with E-state index in [2.05, 4.69) is 29.5 Å². The number of halogens is 1. The van der Waals surface area contributed by atoms with E-state index in [4.69, 9.17) is 16.3 Å². The number of rotatable bonds is 5. The van der Waals surface area contributed by atoms with Gasteiger partial charge in [-0.3, -0.25) is 0 Å². The zero-order valence-corrected chi connectivity index (χ0v) is 16.4. The van der Waals surface area contributed by atoms with Crippen LogP contribution >= 0.6 is 22.9 Å². The molecule has 0 saturated heterocycles. The molecule has 2 heterocycles. The Morgan fingerprint density at radius 1 is 1.40 bits per heavy atom. The van der Waals surface area contributed by atoms with E-state index in [0.29, 0.717) is 23.1 Å². The number of thiazole rings is 1. The SMILES string of the molecule is CCOC(=O)c1sc(-c2ccc3c(c2)c(Cl)cn3CC(C)C)nc1C. The highest BCUT2D eigenvalue weighted by Gasteiger charge is 2.18. The maximum Gasteiger partial charge on any atom is 0.350 e. The Hall–Kier alpha value is -1.85. The van der Waals surface area contributed by atoms with Crippen LogP contribution in [0.5, 0.6) is 0 Å². The van der Waals surface area contributed by atoms with Gasteiger partial charge in [0.1, 0.15) is 9.88 Å². The fraction of sp³-hybridized carbons (Fsp3) is 0.368. The third-order valence-electron chi connectivity index (χ3n) is 3.90. The van der Waals surface area contributed by atoms with Crippen LogP contribution in [0.25, 0.3) is 21.5 Å². The number of carbonyl (C=O) groups excluding carboxylic acids is 1. The first kappa shape index (κ1) is 18.0. The van der Waals surface area contributed by atoms with Crippen molar-refractivity contribution in [3.05, 3.63) is 40.0 Å². The van der Waals surface area contributed by atoms with Gasteiger partial charge in [-0.15, -0.1) is 11.3 Å². The fourth-order valence-electron chi connectivity index (χ4n) is 2.84. The minimum atomic E-state index is -0.314. The minimum Gasteiger partial charge on any atom is -0.462 e. The molecule has 0 aliphatic heterocycles. The van der Waals surface area contributed by atoms with Crippen molar-refractivity contribution in [1.29, 1.82) is 0 Å². The van der Waals surface area contributed by atoms with Gasteiger partial charge in [-0.25, -0.2) is 9.78 Å². The fourth-order valence-corrected chi connectivity index (χ4v) is 4.06. The number of aromatic nitrogens is 2. The van der Waals surface area contributed by atoms with Gasteiger partial charge in [-0.2, -0.15) is 0 Å². The number of aryl methyl sites for hydroxylation is 1. The number of esters is 1. The molecule has 132 valence electrons. The molecule has 0 aliphatic rings. The van der Waals surface area contributed by atoms with Gasteiger partial charge in [0.25, 0.3) is 0 Å². The Morgan fingerprint density at radius 3 is 2.84 bits per heavy atom. The second-order valence-corrected chi connectivity index (χ2v) is 7.82. The monoisotopic (exact) mass is 376 g/mol. The van der Waals surface area contributed by atoms with Crippen molar-refractivity contribution in [1.82, 2.24) is 9.55 Å². The molecule has 0 amide bonds. The van der Waals surface area contributed by atoms with Crippen LogP contribution < -0.4 is 0 Å². The highest BCUT2D eigenvalue weighted by Crippen LogP contribution is 2.34. The third kappa shape index (κ3) is 3.58. The molecule has 0 saturated carbocycles. The summed E-state index contributed by atoms with van der Waals surface area (Å²) in [5, 5.41) is 2.54. The van der Waals surface area contributed by atoms with Crippen molar-refractivity contribution >= 4 is 39.8 Å². The Balaban J connectivity index is 2.01. The Kier molecular flexibility index (Phi) is 5.16. The van der Waals surface area contributed by atoms with Crippen molar-refractivity contribution in [2.75, 3.05) is 6.61 Å². The molecule has 25 heavy (non-hydrogen) atoms. The molecule has 3 aromatic rings. The molecule has 2 aromatic heterocycles. The van der Waals surface area contributed by atoms with Crippen LogP contribution in [0.4, 0.5) is 0 Å². The van der Waals surface area contributed by atoms with Crippen LogP contribution in [0.1, 0.15) is 36.1 Å². The average Bonchev–Trinajstić information content (AvgIpc) is 3.08. The molecule has 1 aromatic carbocycles. The van der Waals surface area contributed by atoms with E-state index in [9.17, 15) is 4.79 Å². The molecule has 3 rings (SSSR count). The topological polar surface area (TPSA) is 44.1 Å². The molecular weight excluding hydrogens is 356 g/mol. The van der Waals surface area contributed by atoms with Gasteiger partial charge in [0.15, 0.2) is 0 Å². The molecule has 0 bridgehead atoms. The molecule has 0 spiro atoms. The van der Waals surface area contributed by atoms with Gasteiger partial charge in [0.2, 0.25) is 0 Å². The normalized spacial score (nSPS) is 11.4. The van der Waals surface area contributed by atoms with Gasteiger partial charge >= 0.3 is 5.97 Å². The van der Waals surface area contributed by atoms with Gasteiger partial charge in [-0.1, -0.05) is 25.4 Å². The average molecular weight is 377 g/mol. The highest BCUT2D eigenvalue weighted by atomic mass is 35.5. The molecule has 0 unspecified atom stereocenters. The van der Waals surface area contributed by atoms with E-state index in [0.717, 1.165) is 33.0 Å². The van der Waals surface area contributed by atoms with Crippen LogP contribution in [0.3, 0.4) is 0 Å². The summed E-state index contributed by atoms with van der Waals surface area (Å²) in [5.41, 5.74) is 2.77. The summed E-state index contributed by atoms with van der Waals surface area (Å²) in [4.78, 5) is 17.1. The van der Waals surface area contributed by atoms with E-state index in [1.165, 1.54) is 11.3 Å². The number of hydrogen-bond donors (Lipinski definition) is 0. The first-order chi connectivity index (χ1) is 11.9. The first-order valence-electron chi connectivity index (χ1n) is 8.34. The number of fused-ring (bicyclic) bond motifs is 1. The van der Waals surface area contributed by atoms with Crippen molar-refractivity contribution in [3.8, 4) is 10.6 Å². The van der Waals surface area contributed by atoms with Crippen LogP contribution in [-0.2, 0) is 11.3 Å². The summed E-state index contributed by atoms with van der Waals surface area (Å²) >= 11 is 7.79. The molecular formula is C19H21ClN2O2S. The summed E-state index contributed by atoms with van der Waals surface area (Å²) in [6.07, 6.45) is 1.98. The lowest BCUT2D eigenvalue weighted by atomic mass is 10.1. The molecule has 6 heteroatoms. The lowest BCUT2D eigenvalue weighted by molar-refractivity contribution is 0.0531. The van der Waals surface area contributed by atoms with Crippen molar-refractivity contribution in [2.45, 2.75) is 34.2 Å². The zero-order valence-electron chi connectivity index (χ0n) is 14.8. The van der Waals surface area contributed by atoms with Crippen LogP contribution in [0, 0.1) is 12.8 Å². The third-order valence-corrected chi connectivity index (χ3v) is 5.39. The maximum atomic E-state index is 12.0. The Labute approximate surface area is 156 Å². The number of benzene rings is 1.